The van der Waals surface area contributed by atoms with Crippen molar-refractivity contribution in [3.8, 4) is 0 Å². The van der Waals surface area contributed by atoms with Gasteiger partial charge in [-0.25, -0.2) is 0 Å². The maximum Gasteiger partial charge on any atom is 0.323 e. The minimum absolute atomic E-state index is 0. The number of hydrogen-bond acceptors (Lipinski definition) is 3. The summed E-state index contributed by atoms with van der Waals surface area (Å²) < 4.78 is 0. The molecule has 0 aliphatic carbocycles. The monoisotopic (exact) mass is 257 g/mol. The van der Waals surface area contributed by atoms with E-state index in [9.17, 15) is 9.90 Å². The quantitative estimate of drug-likeness (QED) is 0.852. The minimum atomic E-state index is -0.944. The van der Waals surface area contributed by atoms with Crippen molar-refractivity contribution in [2.45, 2.75) is 25.1 Å². The lowest BCUT2D eigenvalue weighted by Crippen LogP contribution is -2.41. The molecule has 94 valence electrons. The molecule has 5 heteroatoms. The SMILES string of the molecule is Cl.O=C(O)[C@@H]1[C@@H](O)CCN1Cc1ccccc1. The Labute approximate surface area is 106 Å². The number of aliphatic hydroxyl groups is 1. The van der Waals surface area contributed by atoms with E-state index >= 15 is 0 Å². The zero-order valence-corrected chi connectivity index (χ0v) is 10.1. The first-order valence-corrected chi connectivity index (χ1v) is 5.37. The van der Waals surface area contributed by atoms with Crippen molar-refractivity contribution in [1.82, 2.24) is 4.90 Å². The van der Waals surface area contributed by atoms with Crippen molar-refractivity contribution in [2.24, 2.45) is 0 Å². The molecule has 0 aromatic heterocycles. The Kier molecular flexibility index (Phi) is 4.93. The molecule has 1 aromatic carbocycles. The fraction of sp³-hybridized carbons (Fsp3) is 0.417. The third-order valence-corrected chi connectivity index (χ3v) is 2.95. The second-order valence-electron chi connectivity index (χ2n) is 4.10. The summed E-state index contributed by atoms with van der Waals surface area (Å²) in [5, 5.41) is 18.6. The van der Waals surface area contributed by atoms with Gasteiger partial charge in [-0.1, -0.05) is 30.3 Å². The number of rotatable bonds is 3. The van der Waals surface area contributed by atoms with E-state index in [0.29, 0.717) is 19.5 Å². The molecule has 0 amide bonds. The highest BCUT2D eigenvalue weighted by Gasteiger charge is 2.37. The second kappa shape index (κ2) is 6.00. The summed E-state index contributed by atoms with van der Waals surface area (Å²) in [6.07, 6.45) is -0.217. The molecule has 1 aromatic rings. The lowest BCUT2D eigenvalue weighted by molar-refractivity contribution is -0.145. The van der Waals surface area contributed by atoms with Gasteiger partial charge < -0.3 is 10.2 Å². The minimum Gasteiger partial charge on any atom is -0.480 e. The Morgan fingerprint density at radius 1 is 1.35 bits per heavy atom. The molecule has 1 heterocycles. The number of benzene rings is 1. The zero-order chi connectivity index (χ0) is 11.5. The van der Waals surface area contributed by atoms with Gasteiger partial charge in [-0.05, 0) is 12.0 Å². The van der Waals surface area contributed by atoms with E-state index in [1.807, 2.05) is 35.2 Å². The van der Waals surface area contributed by atoms with E-state index in [2.05, 4.69) is 0 Å². The van der Waals surface area contributed by atoms with Crippen LogP contribution >= 0.6 is 12.4 Å². The predicted molar refractivity (Wildman–Crippen MR) is 66.1 cm³/mol. The number of halogens is 1. The molecule has 1 aliphatic rings. The van der Waals surface area contributed by atoms with Crippen LogP contribution in [-0.2, 0) is 11.3 Å². The number of carbonyl (C=O) groups is 1. The van der Waals surface area contributed by atoms with Crippen LogP contribution in [0.3, 0.4) is 0 Å². The molecule has 2 atom stereocenters. The third-order valence-electron chi connectivity index (χ3n) is 2.95. The largest absolute Gasteiger partial charge is 0.480 e. The van der Waals surface area contributed by atoms with Crippen molar-refractivity contribution in [3.63, 3.8) is 0 Å². The number of aliphatic hydroxyl groups excluding tert-OH is 1. The van der Waals surface area contributed by atoms with Gasteiger partial charge in [0.1, 0.15) is 6.04 Å². The van der Waals surface area contributed by atoms with Crippen LogP contribution < -0.4 is 0 Å². The molecule has 1 saturated heterocycles. The Hall–Kier alpha value is -1.10. The van der Waals surface area contributed by atoms with E-state index in [0.717, 1.165) is 5.56 Å². The number of hydrogen-bond donors (Lipinski definition) is 2. The van der Waals surface area contributed by atoms with E-state index in [4.69, 9.17) is 5.11 Å². The Morgan fingerprint density at radius 2 is 2.00 bits per heavy atom. The fourth-order valence-electron chi connectivity index (χ4n) is 2.15. The van der Waals surface area contributed by atoms with E-state index < -0.39 is 18.1 Å². The van der Waals surface area contributed by atoms with Crippen LogP contribution in [0.2, 0.25) is 0 Å². The molecule has 0 saturated carbocycles. The number of likely N-dealkylation sites (tertiary alicyclic amines) is 1. The number of carboxylic acids is 1. The van der Waals surface area contributed by atoms with Crippen molar-refractivity contribution in [3.05, 3.63) is 35.9 Å². The van der Waals surface area contributed by atoms with Gasteiger partial charge in [-0.15, -0.1) is 12.4 Å². The van der Waals surface area contributed by atoms with Gasteiger partial charge in [0.2, 0.25) is 0 Å². The van der Waals surface area contributed by atoms with Gasteiger partial charge in [0, 0.05) is 13.1 Å². The average molecular weight is 258 g/mol. The smallest absolute Gasteiger partial charge is 0.323 e. The Bertz CT molecular complexity index is 371. The van der Waals surface area contributed by atoms with Crippen LogP contribution in [0.15, 0.2) is 30.3 Å². The van der Waals surface area contributed by atoms with Crippen LogP contribution in [0.5, 0.6) is 0 Å². The van der Waals surface area contributed by atoms with E-state index in [1.165, 1.54) is 0 Å². The van der Waals surface area contributed by atoms with Gasteiger partial charge >= 0.3 is 5.97 Å². The summed E-state index contributed by atoms with van der Waals surface area (Å²) in [6, 6.07) is 8.94. The van der Waals surface area contributed by atoms with Gasteiger partial charge in [-0.3, -0.25) is 9.69 Å². The molecule has 0 bridgehead atoms. The zero-order valence-electron chi connectivity index (χ0n) is 9.32. The van der Waals surface area contributed by atoms with Crippen molar-refractivity contribution in [2.75, 3.05) is 6.54 Å². The first kappa shape index (κ1) is 14.0. The van der Waals surface area contributed by atoms with Crippen molar-refractivity contribution in [1.29, 1.82) is 0 Å². The molecule has 0 spiro atoms. The highest BCUT2D eigenvalue weighted by molar-refractivity contribution is 5.85. The van der Waals surface area contributed by atoms with Crippen LogP contribution in [0.25, 0.3) is 0 Å². The molecule has 1 aliphatic heterocycles. The molecule has 17 heavy (non-hydrogen) atoms. The molecule has 0 unspecified atom stereocenters. The van der Waals surface area contributed by atoms with Crippen molar-refractivity contribution >= 4 is 18.4 Å². The predicted octanol–water partition coefficient (Wildman–Crippen LogP) is 1.13. The number of nitrogens with zero attached hydrogens (tertiary/aromatic N) is 1. The molecule has 2 N–H and O–H groups in total. The lowest BCUT2D eigenvalue weighted by Gasteiger charge is -2.22. The van der Waals surface area contributed by atoms with Crippen LogP contribution in [-0.4, -0.2) is 39.8 Å². The number of aliphatic carboxylic acids is 1. The molecular weight excluding hydrogens is 242 g/mol. The summed E-state index contributed by atoms with van der Waals surface area (Å²) in [5.74, 6) is -0.944. The van der Waals surface area contributed by atoms with Gasteiger partial charge in [0.15, 0.2) is 0 Å². The van der Waals surface area contributed by atoms with Crippen LogP contribution in [0.4, 0.5) is 0 Å². The maximum atomic E-state index is 11.0. The Morgan fingerprint density at radius 3 is 2.59 bits per heavy atom. The summed E-state index contributed by atoms with van der Waals surface area (Å²) in [7, 11) is 0. The van der Waals surface area contributed by atoms with Gasteiger partial charge in [0.05, 0.1) is 6.10 Å². The topological polar surface area (TPSA) is 60.8 Å². The van der Waals surface area contributed by atoms with Gasteiger partial charge in [0.25, 0.3) is 0 Å². The normalized spacial score (nSPS) is 24.3. The number of carboxylic acid groups (broad SMARTS) is 1. The van der Waals surface area contributed by atoms with E-state index in [1.54, 1.807) is 0 Å². The summed E-state index contributed by atoms with van der Waals surface area (Å²) >= 11 is 0. The van der Waals surface area contributed by atoms with Crippen LogP contribution in [0, 0.1) is 0 Å². The Balaban J connectivity index is 0.00000144. The molecule has 4 nitrogen and oxygen atoms in total. The average Bonchev–Trinajstić information content (AvgIpc) is 2.61. The van der Waals surface area contributed by atoms with Crippen LogP contribution in [0.1, 0.15) is 12.0 Å². The maximum absolute atomic E-state index is 11.0. The van der Waals surface area contributed by atoms with E-state index in [-0.39, 0.29) is 12.4 Å². The first-order valence-electron chi connectivity index (χ1n) is 5.37. The molecule has 2 rings (SSSR count). The highest BCUT2D eigenvalue weighted by atomic mass is 35.5. The molecule has 0 radical (unpaired) electrons. The highest BCUT2D eigenvalue weighted by Crippen LogP contribution is 2.20. The summed E-state index contributed by atoms with van der Waals surface area (Å²) in [5.41, 5.74) is 1.07. The van der Waals surface area contributed by atoms with Crippen molar-refractivity contribution < 1.29 is 15.0 Å². The standard InChI is InChI=1S/C12H15NO3.ClH/c14-10-6-7-13(11(10)12(15)16)8-9-4-2-1-3-5-9;/h1-5,10-11,14H,6-8H2,(H,15,16);1H/t10-,11-;/m0./s1. The molecular formula is C12H16ClNO3. The third kappa shape index (κ3) is 3.19. The lowest BCUT2D eigenvalue weighted by atomic mass is 10.1. The second-order valence-corrected chi connectivity index (χ2v) is 4.10. The summed E-state index contributed by atoms with van der Waals surface area (Å²) in [6.45, 7) is 1.21. The molecule has 1 fully saturated rings. The summed E-state index contributed by atoms with van der Waals surface area (Å²) in [4.78, 5) is 12.8. The fourth-order valence-corrected chi connectivity index (χ4v) is 2.15. The van der Waals surface area contributed by atoms with Gasteiger partial charge in [-0.2, -0.15) is 0 Å². The first-order chi connectivity index (χ1) is 7.68.